The molecule has 0 saturated heterocycles. The molecular weight excluding hydrogens is 324 g/mol. The predicted molar refractivity (Wildman–Crippen MR) is 97.2 cm³/mol. The molecule has 130 valence electrons. The lowest BCUT2D eigenvalue weighted by Crippen LogP contribution is -2.24. The Morgan fingerprint density at radius 3 is 2.42 bits per heavy atom. The average molecular weight is 348 g/mol. The van der Waals surface area contributed by atoms with Crippen molar-refractivity contribution in [1.29, 1.82) is 0 Å². The molecule has 0 aliphatic carbocycles. The normalized spacial score (nSPS) is 11.6. The molecule has 4 N–H and O–H groups in total. The number of hydrogen-bond acceptors (Lipinski definition) is 4. The van der Waals surface area contributed by atoms with E-state index < -0.39 is 10.0 Å². The van der Waals surface area contributed by atoms with Crippen LogP contribution in [0.4, 0.5) is 5.69 Å². The molecular formula is C18H24N2O3S. The topological polar surface area (TPSA) is 92.4 Å². The minimum Gasteiger partial charge on any atom is -0.399 e. The fourth-order valence-electron chi connectivity index (χ4n) is 2.47. The summed E-state index contributed by atoms with van der Waals surface area (Å²) in [5, 5.41) is 8.71. The number of nitrogens with one attached hydrogen (secondary N) is 1. The first kappa shape index (κ1) is 18.4. The minimum absolute atomic E-state index is 0.137. The van der Waals surface area contributed by atoms with Crippen LogP contribution >= 0.6 is 0 Å². The maximum atomic E-state index is 12.3. The van der Waals surface area contributed by atoms with Crippen LogP contribution in [-0.4, -0.2) is 26.7 Å². The van der Waals surface area contributed by atoms with Crippen molar-refractivity contribution in [2.24, 2.45) is 0 Å². The molecule has 0 amide bonds. The number of aliphatic hydroxyl groups is 1. The third-order valence-electron chi connectivity index (χ3n) is 3.86. The van der Waals surface area contributed by atoms with E-state index in [1.54, 1.807) is 24.3 Å². The second-order valence-electron chi connectivity index (χ2n) is 5.78. The third kappa shape index (κ3) is 4.80. The molecule has 0 aliphatic heterocycles. The van der Waals surface area contributed by atoms with Crippen LogP contribution in [0.25, 0.3) is 11.1 Å². The smallest absolute Gasteiger partial charge is 0.240 e. The SMILES string of the molecule is Cc1ccc(N)cc1-c1ccc(S(=O)(=O)NCCCCCO)cc1. The number of nitrogens with two attached hydrogens (primary N) is 1. The molecule has 0 radical (unpaired) electrons. The summed E-state index contributed by atoms with van der Waals surface area (Å²) in [6.07, 6.45) is 2.20. The molecule has 2 aromatic rings. The molecule has 24 heavy (non-hydrogen) atoms. The van der Waals surface area contributed by atoms with Crippen LogP contribution in [0.5, 0.6) is 0 Å². The Morgan fingerprint density at radius 2 is 1.75 bits per heavy atom. The van der Waals surface area contributed by atoms with Gasteiger partial charge in [0.2, 0.25) is 10.0 Å². The highest BCUT2D eigenvalue weighted by Gasteiger charge is 2.13. The van der Waals surface area contributed by atoms with Crippen molar-refractivity contribution in [3.63, 3.8) is 0 Å². The van der Waals surface area contributed by atoms with E-state index in [-0.39, 0.29) is 11.5 Å². The lowest BCUT2D eigenvalue weighted by atomic mass is 10.0. The first-order valence-corrected chi connectivity index (χ1v) is 9.49. The third-order valence-corrected chi connectivity index (χ3v) is 5.34. The van der Waals surface area contributed by atoms with Gasteiger partial charge in [-0.3, -0.25) is 0 Å². The number of aliphatic hydroxyl groups excluding tert-OH is 1. The Balaban J connectivity index is 2.09. The highest BCUT2D eigenvalue weighted by atomic mass is 32.2. The second-order valence-corrected chi connectivity index (χ2v) is 7.55. The van der Waals surface area contributed by atoms with Crippen LogP contribution in [0.2, 0.25) is 0 Å². The summed E-state index contributed by atoms with van der Waals surface area (Å²) in [6, 6.07) is 12.5. The van der Waals surface area contributed by atoms with Gasteiger partial charge in [-0.25, -0.2) is 13.1 Å². The summed E-state index contributed by atoms with van der Waals surface area (Å²) in [4.78, 5) is 0.245. The zero-order valence-electron chi connectivity index (χ0n) is 13.8. The van der Waals surface area contributed by atoms with E-state index in [1.165, 1.54) is 0 Å². The number of benzene rings is 2. The monoisotopic (exact) mass is 348 g/mol. The molecule has 5 nitrogen and oxygen atoms in total. The number of aryl methyl sites for hydroxylation is 1. The molecule has 6 heteroatoms. The maximum absolute atomic E-state index is 12.3. The number of rotatable bonds is 8. The molecule has 0 heterocycles. The van der Waals surface area contributed by atoms with Crippen molar-refractivity contribution in [2.75, 3.05) is 18.9 Å². The Morgan fingerprint density at radius 1 is 1.04 bits per heavy atom. The van der Waals surface area contributed by atoms with Crippen molar-refractivity contribution in [3.05, 3.63) is 48.0 Å². The predicted octanol–water partition coefficient (Wildman–Crippen LogP) is 2.69. The highest BCUT2D eigenvalue weighted by molar-refractivity contribution is 7.89. The molecule has 0 saturated carbocycles. The Bertz CT molecular complexity index is 771. The fourth-order valence-corrected chi connectivity index (χ4v) is 3.54. The zero-order chi connectivity index (χ0) is 17.6. The quantitative estimate of drug-likeness (QED) is 0.505. The van der Waals surface area contributed by atoms with E-state index in [4.69, 9.17) is 10.8 Å². The van der Waals surface area contributed by atoms with Crippen molar-refractivity contribution < 1.29 is 13.5 Å². The number of sulfonamides is 1. The van der Waals surface area contributed by atoms with Crippen molar-refractivity contribution in [1.82, 2.24) is 4.72 Å². The van der Waals surface area contributed by atoms with Gasteiger partial charge in [-0.1, -0.05) is 18.2 Å². The van der Waals surface area contributed by atoms with Gasteiger partial charge in [0.05, 0.1) is 4.90 Å². The van der Waals surface area contributed by atoms with Crippen molar-refractivity contribution in [3.8, 4) is 11.1 Å². The van der Waals surface area contributed by atoms with Crippen LogP contribution in [0, 0.1) is 6.92 Å². The van der Waals surface area contributed by atoms with Gasteiger partial charge in [-0.05, 0) is 67.1 Å². The van der Waals surface area contributed by atoms with Gasteiger partial charge >= 0.3 is 0 Å². The molecule has 2 aromatic carbocycles. The molecule has 0 spiro atoms. The fraction of sp³-hybridized carbons (Fsp3) is 0.333. The lowest BCUT2D eigenvalue weighted by molar-refractivity contribution is 0.283. The van der Waals surface area contributed by atoms with E-state index >= 15 is 0 Å². The summed E-state index contributed by atoms with van der Waals surface area (Å²) < 4.78 is 27.1. The summed E-state index contributed by atoms with van der Waals surface area (Å²) in [5.41, 5.74) is 9.52. The van der Waals surface area contributed by atoms with Gasteiger partial charge in [0.15, 0.2) is 0 Å². The number of anilines is 1. The minimum atomic E-state index is -3.50. The molecule has 0 aromatic heterocycles. The number of hydrogen-bond donors (Lipinski definition) is 3. The Hall–Kier alpha value is -1.89. The molecule has 0 atom stereocenters. The van der Waals surface area contributed by atoms with Crippen LogP contribution in [-0.2, 0) is 10.0 Å². The number of unbranched alkanes of at least 4 members (excludes halogenated alkanes) is 2. The molecule has 0 fully saturated rings. The molecule has 2 rings (SSSR count). The lowest BCUT2D eigenvalue weighted by Gasteiger charge is -2.10. The Labute approximate surface area is 143 Å². The second kappa shape index (κ2) is 8.28. The Kier molecular flexibility index (Phi) is 6.36. The molecule has 0 aliphatic rings. The zero-order valence-corrected chi connectivity index (χ0v) is 14.6. The van der Waals surface area contributed by atoms with Crippen molar-refractivity contribution in [2.45, 2.75) is 31.1 Å². The maximum Gasteiger partial charge on any atom is 0.240 e. The van der Waals surface area contributed by atoms with E-state index in [2.05, 4.69) is 4.72 Å². The van der Waals surface area contributed by atoms with Crippen LogP contribution in [0.15, 0.2) is 47.4 Å². The highest BCUT2D eigenvalue weighted by Crippen LogP contribution is 2.26. The van der Waals surface area contributed by atoms with E-state index in [9.17, 15) is 8.42 Å². The summed E-state index contributed by atoms with van der Waals surface area (Å²) in [6.45, 7) is 2.50. The average Bonchev–Trinajstić information content (AvgIpc) is 2.57. The van der Waals surface area contributed by atoms with Crippen LogP contribution in [0.3, 0.4) is 0 Å². The van der Waals surface area contributed by atoms with Gasteiger partial charge in [0.25, 0.3) is 0 Å². The van der Waals surface area contributed by atoms with Crippen molar-refractivity contribution >= 4 is 15.7 Å². The van der Waals surface area contributed by atoms with E-state index in [1.807, 2.05) is 25.1 Å². The largest absolute Gasteiger partial charge is 0.399 e. The molecule has 0 bridgehead atoms. The van der Waals surface area contributed by atoms with E-state index in [0.29, 0.717) is 25.1 Å². The standard InChI is InChI=1S/C18H24N2O3S/c1-14-5-8-16(19)13-18(14)15-6-9-17(10-7-15)24(22,23)20-11-3-2-4-12-21/h5-10,13,20-21H,2-4,11-12,19H2,1H3. The van der Waals surface area contributed by atoms with Gasteiger partial charge in [0, 0.05) is 18.8 Å². The van der Waals surface area contributed by atoms with Gasteiger partial charge < -0.3 is 10.8 Å². The van der Waals surface area contributed by atoms with Gasteiger partial charge in [-0.15, -0.1) is 0 Å². The summed E-state index contributed by atoms with van der Waals surface area (Å²) in [7, 11) is -3.50. The van der Waals surface area contributed by atoms with Gasteiger partial charge in [0.1, 0.15) is 0 Å². The van der Waals surface area contributed by atoms with Crippen LogP contribution < -0.4 is 10.5 Å². The van der Waals surface area contributed by atoms with E-state index in [0.717, 1.165) is 23.1 Å². The first-order valence-electron chi connectivity index (χ1n) is 8.01. The first-order chi connectivity index (χ1) is 11.4. The number of nitrogen functional groups attached to an aromatic ring is 1. The summed E-state index contributed by atoms with van der Waals surface area (Å²) >= 11 is 0. The summed E-state index contributed by atoms with van der Waals surface area (Å²) in [5.74, 6) is 0. The van der Waals surface area contributed by atoms with Gasteiger partial charge in [-0.2, -0.15) is 0 Å². The van der Waals surface area contributed by atoms with Crippen LogP contribution in [0.1, 0.15) is 24.8 Å². The molecule has 0 unspecified atom stereocenters.